The van der Waals surface area contributed by atoms with Gasteiger partial charge in [0, 0.05) is 38.5 Å². The van der Waals surface area contributed by atoms with Crippen molar-refractivity contribution in [3.05, 3.63) is 235 Å². The smallest absolute Gasteiger partial charge is 0.161 e. The third kappa shape index (κ3) is 4.21. The lowest BCUT2D eigenvalue weighted by atomic mass is 9.69. The Morgan fingerprint density at radius 1 is 0.359 bits per heavy atom. The highest BCUT2D eigenvalue weighted by atomic mass is 15.0. The Hall–Kier alpha value is -8.40. The number of hydrogen-bond acceptors (Lipinski definition) is 2. The van der Waals surface area contributed by atoms with E-state index in [2.05, 4.69) is 217 Å². The molecular formula is C61H35N3. The molecule has 0 radical (unpaired) electrons. The fourth-order valence-electron chi connectivity index (χ4n) is 12.1. The minimum atomic E-state index is -0.627. The van der Waals surface area contributed by atoms with Crippen LogP contribution >= 0.6 is 0 Å². The number of para-hydroxylation sites is 3. The molecule has 0 saturated carbocycles. The Kier molecular flexibility index (Phi) is 6.61. The second-order valence-electron chi connectivity index (χ2n) is 17.5. The van der Waals surface area contributed by atoms with Crippen molar-refractivity contribution in [1.82, 2.24) is 14.5 Å². The molecule has 1 spiro atoms. The highest BCUT2D eigenvalue weighted by Gasteiger charge is 2.53. The summed E-state index contributed by atoms with van der Waals surface area (Å²) in [5.41, 5.74) is 22.0. The van der Waals surface area contributed by atoms with E-state index in [0.717, 1.165) is 39.2 Å². The normalized spacial score (nSPS) is 13.4. The molecule has 0 fully saturated rings. The zero-order valence-corrected chi connectivity index (χ0v) is 34.5. The van der Waals surface area contributed by atoms with Gasteiger partial charge in [-0.25, -0.2) is 9.97 Å². The Labute approximate surface area is 369 Å². The average molecular weight is 810 g/mol. The van der Waals surface area contributed by atoms with Gasteiger partial charge < -0.3 is 4.57 Å². The molecule has 0 atom stereocenters. The van der Waals surface area contributed by atoms with E-state index in [1.54, 1.807) is 0 Å². The molecule has 294 valence electrons. The first kappa shape index (κ1) is 34.2. The predicted octanol–water partition coefficient (Wildman–Crippen LogP) is 15.2. The van der Waals surface area contributed by atoms with Gasteiger partial charge in [0.2, 0.25) is 0 Å². The molecule has 0 amide bonds. The van der Waals surface area contributed by atoms with Crippen LogP contribution in [0.2, 0.25) is 0 Å². The topological polar surface area (TPSA) is 30.7 Å². The Morgan fingerprint density at radius 3 is 1.70 bits per heavy atom. The molecule has 0 aliphatic heterocycles. The third-order valence-electron chi connectivity index (χ3n) is 14.5. The molecule has 0 bridgehead atoms. The number of fused-ring (bicyclic) bond motifs is 17. The second-order valence-corrected chi connectivity index (χ2v) is 17.5. The van der Waals surface area contributed by atoms with Crippen LogP contribution in [0.3, 0.4) is 0 Å². The highest BCUT2D eigenvalue weighted by Crippen LogP contribution is 2.67. The molecular weight excluding hydrogens is 775 g/mol. The Bertz CT molecular complexity index is 3920. The number of rotatable bonds is 3. The van der Waals surface area contributed by atoms with Gasteiger partial charge in [-0.2, -0.15) is 0 Å². The Morgan fingerprint density at radius 2 is 0.969 bits per heavy atom. The summed E-state index contributed by atoms with van der Waals surface area (Å²) in [4.78, 5) is 11.3. The molecule has 3 heteroatoms. The van der Waals surface area contributed by atoms with Gasteiger partial charge in [-0.3, -0.25) is 0 Å². The van der Waals surface area contributed by atoms with Crippen LogP contribution in [-0.4, -0.2) is 14.5 Å². The van der Waals surface area contributed by atoms with Gasteiger partial charge in [0.1, 0.15) is 0 Å². The lowest BCUT2D eigenvalue weighted by Gasteiger charge is -2.31. The SMILES string of the molecule is c1ccc(-c2nc(-c3c4c(cc5c3-c3ccc(-n6c7ccccc7c7ccccc76)cc3C53c5ccccc5-c5ccccc53)-c3cccc5cccc-4c35)nc3ccccc23)cc1. The van der Waals surface area contributed by atoms with E-state index in [9.17, 15) is 0 Å². The molecule has 2 heterocycles. The molecule has 3 aliphatic rings. The van der Waals surface area contributed by atoms with Crippen molar-refractivity contribution in [2.75, 3.05) is 0 Å². The quantitative estimate of drug-likeness (QED) is 0.178. The fraction of sp³-hybridized carbons (Fsp3) is 0.0164. The lowest BCUT2D eigenvalue weighted by molar-refractivity contribution is 0.793. The Balaban J connectivity index is 1.14. The molecule has 3 nitrogen and oxygen atoms in total. The van der Waals surface area contributed by atoms with Gasteiger partial charge in [0.25, 0.3) is 0 Å². The van der Waals surface area contributed by atoms with E-state index in [-0.39, 0.29) is 0 Å². The van der Waals surface area contributed by atoms with E-state index in [4.69, 9.17) is 9.97 Å². The first-order valence-electron chi connectivity index (χ1n) is 22.2. The summed E-state index contributed by atoms with van der Waals surface area (Å²) in [6.45, 7) is 0. The van der Waals surface area contributed by atoms with Crippen LogP contribution < -0.4 is 0 Å². The minimum Gasteiger partial charge on any atom is -0.309 e. The van der Waals surface area contributed by atoms with E-state index in [0.29, 0.717) is 0 Å². The van der Waals surface area contributed by atoms with Gasteiger partial charge in [0.05, 0.1) is 27.7 Å². The predicted molar refractivity (Wildman–Crippen MR) is 263 cm³/mol. The van der Waals surface area contributed by atoms with Crippen molar-refractivity contribution >= 4 is 43.5 Å². The fourth-order valence-corrected chi connectivity index (χ4v) is 12.1. The molecule has 64 heavy (non-hydrogen) atoms. The number of benzene rings is 10. The summed E-state index contributed by atoms with van der Waals surface area (Å²) < 4.78 is 2.46. The van der Waals surface area contributed by atoms with Crippen molar-refractivity contribution in [1.29, 1.82) is 0 Å². The zero-order valence-electron chi connectivity index (χ0n) is 34.5. The van der Waals surface area contributed by atoms with Crippen molar-refractivity contribution in [2.45, 2.75) is 5.41 Å². The van der Waals surface area contributed by atoms with Crippen molar-refractivity contribution in [3.63, 3.8) is 0 Å². The summed E-state index contributed by atoms with van der Waals surface area (Å²) in [6, 6.07) is 78.3. The van der Waals surface area contributed by atoms with E-state index in [1.165, 1.54) is 99.3 Å². The van der Waals surface area contributed by atoms with Crippen LogP contribution in [0.4, 0.5) is 0 Å². The summed E-state index contributed by atoms with van der Waals surface area (Å²) in [6.07, 6.45) is 0. The van der Waals surface area contributed by atoms with E-state index < -0.39 is 5.41 Å². The van der Waals surface area contributed by atoms with Crippen LogP contribution in [0.15, 0.2) is 212 Å². The van der Waals surface area contributed by atoms with Crippen LogP contribution in [0.5, 0.6) is 0 Å². The molecule has 10 aromatic carbocycles. The third-order valence-corrected chi connectivity index (χ3v) is 14.5. The first-order valence-corrected chi connectivity index (χ1v) is 22.2. The molecule has 0 unspecified atom stereocenters. The molecule has 15 rings (SSSR count). The second kappa shape index (κ2) is 12.4. The van der Waals surface area contributed by atoms with Crippen molar-refractivity contribution < 1.29 is 0 Å². The zero-order chi connectivity index (χ0) is 41.7. The molecule has 3 aliphatic carbocycles. The van der Waals surface area contributed by atoms with Crippen LogP contribution in [0, 0.1) is 0 Å². The molecule has 0 N–H and O–H groups in total. The molecule has 0 saturated heterocycles. The van der Waals surface area contributed by atoms with Gasteiger partial charge in [-0.1, -0.05) is 176 Å². The van der Waals surface area contributed by atoms with Crippen LogP contribution in [0.1, 0.15) is 22.3 Å². The summed E-state index contributed by atoms with van der Waals surface area (Å²) in [5, 5.41) is 6.07. The maximum absolute atomic E-state index is 5.71. The maximum atomic E-state index is 5.71. The maximum Gasteiger partial charge on any atom is 0.161 e. The van der Waals surface area contributed by atoms with Gasteiger partial charge in [-0.05, 0) is 108 Å². The number of hydrogen-bond donors (Lipinski definition) is 0. The van der Waals surface area contributed by atoms with Crippen molar-refractivity contribution in [2.24, 2.45) is 0 Å². The largest absolute Gasteiger partial charge is 0.309 e. The number of nitrogens with zero attached hydrogens (tertiary/aromatic N) is 3. The number of aromatic nitrogens is 3. The molecule has 12 aromatic rings. The van der Waals surface area contributed by atoms with Gasteiger partial charge >= 0.3 is 0 Å². The monoisotopic (exact) mass is 809 g/mol. The van der Waals surface area contributed by atoms with E-state index in [1.807, 2.05) is 0 Å². The lowest BCUT2D eigenvalue weighted by Crippen LogP contribution is -2.26. The first-order chi connectivity index (χ1) is 31.8. The summed E-state index contributed by atoms with van der Waals surface area (Å²) in [5.74, 6) is 0.740. The average Bonchev–Trinajstić information content (AvgIpc) is 4.06. The highest BCUT2D eigenvalue weighted by molar-refractivity contribution is 6.21. The van der Waals surface area contributed by atoms with Crippen molar-refractivity contribution in [3.8, 4) is 72.8 Å². The minimum absolute atomic E-state index is 0.627. The van der Waals surface area contributed by atoms with Gasteiger partial charge in [-0.15, -0.1) is 0 Å². The molecule has 2 aromatic heterocycles. The summed E-state index contributed by atoms with van der Waals surface area (Å²) in [7, 11) is 0. The van der Waals surface area contributed by atoms with E-state index >= 15 is 0 Å². The standard InChI is InChI=1S/C61H35N3/c1-2-16-37(17-3-1)59-45-24-6-11-29-52(45)62-60(63-59)58-56-46-26-15-19-36-18-14-25-43(55(36)46)47(56)35-51-57(58)44-33-32-38(64-53-30-12-7-22-41(53)42-23-8-13-31-54(42)64)34-50(44)61(51)48-27-9-4-20-39(48)40-21-5-10-28-49(40)61/h1-35H. The van der Waals surface area contributed by atoms with Crippen LogP contribution in [-0.2, 0) is 5.41 Å². The summed E-state index contributed by atoms with van der Waals surface area (Å²) >= 11 is 0. The van der Waals surface area contributed by atoms with Gasteiger partial charge in [0.15, 0.2) is 5.82 Å². The van der Waals surface area contributed by atoms with Crippen LogP contribution in [0.25, 0.3) is 116 Å².